The smallest absolute Gasteiger partial charge is 0.263 e. The molecule has 4 rings (SSSR count). The van der Waals surface area contributed by atoms with Gasteiger partial charge >= 0.3 is 0 Å². The first kappa shape index (κ1) is 20.1. The van der Waals surface area contributed by atoms with Crippen molar-refractivity contribution in [2.24, 2.45) is 4.99 Å². The molecule has 3 aliphatic heterocycles. The first-order valence-electron chi connectivity index (χ1n) is 9.23. The average molecular weight is 413 g/mol. The van der Waals surface area contributed by atoms with Crippen molar-refractivity contribution in [3.8, 4) is 0 Å². The minimum absolute atomic E-state index is 0. The maximum absolute atomic E-state index is 12.5. The number of amides is 1. The molecule has 0 aromatic heterocycles. The Bertz CT molecular complexity index is 843. The highest BCUT2D eigenvalue weighted by molar-refractivity contribution is 7.90. The lowest BCUT2D eigenvalue weighted by atomic mass is 10.1. The molecule has 3 aliphatic rings. The van der Waals surface area contributed by atoms with Crippen molar-refractivity contribution >= 4 is 34.2 Å². The number of rotatable bonds is 4. The topological polar surface area (TPSA) is 90.9 Å². The molecule has 148 valence electrons. The molecule has 27 heavy (non-hydrogen) atoms. The van der Waals surface area contributed by atoms with E-state index in [0.29, 0.717) is 42.9 Å². The molecule has 7 nitrogen and oxygen atoms in total. The molecule has 1 aromatic rings. The summed E-state index contributed by atoms with van der Waals surface area (Å²) < 4.78 is 26.6. The SMILES string of the molecule is Cl.O=C(CCCN=C1NS(=O)(=O)c2ccccc21)N1CCC2CCC(C1)N2. The van der Waals surface area contributed by atoms with Gasteiger partial charge in [0.2, 0.25) is 5.91 Å². The summed E-state index contributed by atoms with van der Waals surface area (Å²) in [5.74, 6) is 0.552. The lowest BCUT2D eigenvalue weighted by molar-refractivity contribution is -0.131. The number of carbonyl (C=O) groups is 1. The molecule has 0 radical (unpaired) electrons. The van der Waals surface area contributed by atoms with Gasteiger partial charge in [0, 0.05) is 43.7 Å². The summed E-state index contributed by atoms with van der Waals surface area (Å²) >= 11 is 0. The zero-order chi connectivity index (χ0) is 18.1. The Balaban J connectivity index is 0.00000210. The minimum Gasteiger partial charge on any atom is -0.341 e. The van der Waals surface area contributed by atoms with Crippen LogP contribution in [0.5, 0.6) is 0 Å². The molecule has 1 amide bonds. The van der Waals surface area contributed by atoms with E-state index in [4.69, 9.17) is 0 Å². The van der Waals surface area contributed by atoms with Crippen molar-refractivity contribution in [2.45, 2.75) is 49.1 Å². The zero-order valence-corrected chi connectivity index (χ0v) is 16.7. The fraction of sp³-hybridized carbons (Fsp3) is 0.556. The summed E-state index contributed by atoms with van der Waals surface area (Å²) in [5.41, 5.74) is 0.605. The Morgan fingerprint density at radius 1 is 1.19 bits per heavy atom. The maximum Gasteiger partial charge on any atom is 0.263 e. The lowest BCUT2D eigenvalue weighted by Crippen LogP contribution is -2.39. The second kappa shape index (κ2) is 8.16. The minimum atomic E-state index is -3.50. The van der Waals surface area contributed by atoms with Gasteiger partial charge in [-0.2, -0.15) is 0 Å². The van der Waals surface area contributed by atoms with Gasteiger partial charge in [-0.25, -0.2) is 8.42 Å². The van der Waals surface area contributed by atoms with E-state index in [1.807, 2.05) is 4.90 Å². The summed E-state index contributed by atoms with van der Waals surface area (Å²) in [4.78, 5) is 19.1. The number of likely N-dealkylation sites (tertiary alicyclic amines) is 1. The summed E-state index contributed by atoms with van der Waals surface area (Å²) in [6, 6.07) is 7.82. The number of hydrogen-bond donors (Lipinski definition) is 2. The summed E-state index contributed by atoms with van der Waals surface area (Å²) in [7, 11) is -3.50. The highest BCUT2D eigenvalue weighted by Gasteiger charge is 2.31. The second-order valence-electron chi connectivity index (χ2n) is 7.20. The Hall–Kier alpha value is -1.64. The quantitative estimate of drug-likeness (QED) is 0.729. The van der Waals surface area contributed by atoms with Crippen molar-refractivity contribution in [3.05, 3.63) is 29.8 Å². The Morgan fingerprint density at radius 3 is 2.81 bits per heavy atom. The number of nitrogens with one attached hydrogen (secondary N) is 2. The van der Waals surface area contributed by atoms with Crippen LogP contribution in [0.15, 0.2) is 34.2 Å². The number of sulfonamides is 1. The second-order valence-corrected chi connectivity index (χ2v) is 8.85. The average Bonchev–Trinajstić information content (AvgIpc) is 3.08. The number of amidine groups is 1. The van der Waals surface area contributed by atoms with Crippen molar-refractivity contribution in [3.63, 3.8) is 0 Å². The number of hydrogen-bond acceptors (Lipinski definition) is 5. The molecule has 2 bridgehead atoms. The van der Waals surface area contributed by atoms with Gasteiger partial charge < -0.3 is 10.2 Å². The molecular weight excluding hydrogens is 388 g/mol. The third-order valence-corrected chi connectivity index (χ3v) is 6.75. The van der Waals surface area contributed by atoms with Crippen molar-refractivity contribution in [1.29, 1.82) is 0 Å². The van der Waals surface area contributed by atoms with E-state index in [2.05, 4.69) is 15.0 Å². The standard InChI is InChI=1S/C18H24N4O3S.ClH/c23-17(22-11-9-13-7-8-14(12-22)20-13)6-3-10-19-18-15-4-1-2-5-16(15)26(24,25)21-18;/h1-2,4-5,13-14,20H,3,6-12H2,(H,19,21);1H. The Labute approximate surface area is 166 Å². The number of fused-ring (bicyclic) bond motifs is 3. The van der Waals surface area contributed by atoms with Crippen LogP contribution in [-0.2, 0) is 14.8 Å². The molecule has 0 aliphatic carbocycles. The highest BCUT2D eigenvalue weighted by Crippen LogP contribution is 2.23. The van der Waals surface area contributed by atoms with Crippen molar-refractivity contribution < 1.29 is 13.2 Å². The predicted octanol–water partition coefficient (Wildman–Crippen LogP) is 1.28. The van der Waals surface area contributed by atoms with Gasteiger partial charge in [-0.05, 0) is 37.8 Å². The molecule has 2 unspecified atom stereocenters. The number of benzene rings is 1. The van der Waals surface area contributed by atoms with Crippen LogP contribution in [-0.4, -0.2) is 56.8 Å². The molecule has 2 fully saturated rings. The van der Waals surface area contributed by atoms with Crippen LogP contribution < -0.4 is 10.0 Å². The molecule has 0 spiro atoms. The van der Waals surface area contributed by atoms with E-state index in [-0.39, 0.29) is 23.2 Å². The van der Waals surface area contributed by atoms with Crippen LogP contribution >= 0.6 is 12.4 Å². The van der Waals surface area contributed by atoms with Crippen LogP contribution in [0.1, 0.15) is 37.7 Å². The normalized spacial score (nSPS) is 26.8. The van der Waals surface area contributed by atoms with E-state index in [0.717, 1.165) is 25.9 Å². The van der Waals surface area contributed by atoms with E-state index in [1.54, 1.807) is 24.3 Å². The van der Waals surface area contributed by atoms with Gasteiger partial charge in [-0.1, -0.05) is 12.1 Å². The molecular formula is C18H25ClN4O3S. The van der Waals surface area contributed by atoms with Crippen LogP contribution in [0.3, 0.4) is 0 Å². The van der Waals surface area contributed by atoms with Crippen LogP contribution in [0.2, 0.25) is 0 Å². The number of nitrogens with zero attached hydrogens (tertiary/aromatic N) is 2. The monoisotopic (exact) mass is 412 g/mol. The first-order valence-corrected chi connectivity index (χ1v) is 10.7. The summed E-state index contributed by atoms with van der Waals surface area (Å²) in [6.45, 7) is 2.06. The van der Waals surface area contributed by atoms with Crippen molar-refractivity contribution in [2.75, 3.05) is 19.6 Å². The first-order chi connectivity index (χ1) is 12.5. The molecule has 2 N–H and O–H groups in total. The molecule has 9 heteroatoms. The zero-order valence-electron chi connectivity index (χ0n) is 15.1. The van der Waals surface area contributed by atoms with Gasteiger partial charge in [-0.15, -0.1) is 12.4 Å². The van der Waals surface area contributed by atoms with E-state index < -0.39 is 10.0 Å². The van der Waals surface area contributed by atoms with E-state index in [1.165, 1.54) is 6.42 Å². The number of halogens is 1. The van der Waals surface area contributed by atoms with E-state index in [9.17, 15) is 13.2 Å². The predicted molar refractivity (Wildman–Crippen MR) is 106 cm³/mol. The molecule has 1 aromatic carbocycles. The summed E-state index contributed by atoms with van der Waals surface area (Å²) in [6.07, 6.45) is 4.47. The molecule has 2 saturated heterocycles. The molecule has 3 heterocycles. The number of aliphatic imine (C=N–C) groups is 1. The van der Waals surface area contributed by atoms with Gasteiger partial charge in [0.05, 0.1) is 4.90 Å². The van der Waals surface area contributed by atoms with Gasteiger partial charge in [0.25, 0.3) is 10.0 Å². The van der Waals surface area contributed by atoms with Crippen LogP contribution in [0, 0.1) is 0 Å². The fourth-order valence-electron chi connectivity index (χ4n) is 4.00. The summed E-state index contributed by atoms with van der Waals surface area (Å²) in [5, 5.41) is 3.58. The Morgan fingerprint density at radius 2 is 1.96 bits per heavy atom. The largest absolute Gasteiger partial charge is 0.341 e. The fourth-order valence-corrected chi connectivity index (χ4v) is 5.25. The van der Waals surface area contributed by atoms with Crippen molar-refractivity contribution in [1.82, 2.24) is 14.9 Å². The van der Waals surface area contributed by atoms with Gasteiger partial charge in [0.15, 0.2) is 0 Å². The van der Waals surface area contributed by atoms with Crippen LogP contribution in [0.4, 0.5) is 0 Å². The highest BCUT2D eigenvalue weighted by atomic mass is 35.5. The molecule has 2 atom stereocenters. The third-order valence-electron chi connectivity index (χ3n) is 5.36. The number of carbonyl (C=O) groups excluding carboxylic acids is 1. The van der Waals surface area contributed by atoms with Crippen LogP contribution in [0.25, 0.3) is 0 Å². The Kier molecular flexibility index (Phi) is 6.08. The van der Waals surface area contributed by atoms with Gasteiger partial charge in [-0.3, -0.25) is 14.5 Å². The van der Waals surface area contributed by atoms with E-state index >= 15 is 0 Å². The molecule has 0 saturated carbocycles. The lowest BCUT2D eigenvalue weighted by Gasteiger charge is -2.24. The third kappa shape index (κ3) is 4.28. The maximum atomic E-state index is 12.5. The van der Waals surface area contributed by atoms with Gasteiger partial charge in [0.1, 0.15) is 5.84 Å².